The van der Waals surface area contributed by atoms with Crippen LogP contribution in [0.15, 0.2) is 18.5 Å². The Morgan fingerprint density at radius 2 is 2.12 bits per heavy atom. The van der Waals surface area contributed by atoms with Gasteiger partial charge in [0, 0.05) is 31.0 Å². The maximum absolute atomic E-state index is 5.92. The number of likely N-dealkylation sites (N-methyl/N-ethyl adjacent to an activating group) is 1. The van der Waals surface area contributed by atoms with Gasteiger partial charge in [-0.05, 0) is 38.8 Å². The van der Waals surface area contributed by atoms with Crippen LogP contribution in [-0.4, -0.2) is 40.4 Å². The van der Waals surface area contributed by atoms with Crippen molar-refractivity contribution in [2.75, 3.05) is 13.6 Å². The highest BCUT2D eigenvalue weighted by atomic mass is 15.3. The number of rotatable bonds is 4. The Kier molecular flexibility index (Phi) is 3.96. The van der Waals surface area contributed by atoms with Gasteiger partial charge in [0.15, 0.2) is 0 Å². The van der Waals surface area contributed by atoms with E-state index in [1.165, 1.54) is 25.7 Å². The lowest BCUT2D eigenvalue weighted by Crippen LogP contribution is -2.40. The molecule has 90 valence electrons. The van der Waals surface area contributed by atoms with E-state index in [1.807, 2.05) is 23.1 Å². The number of nitrogens with zero attached hydrogens (tertiary/aromatic N) is 3. The molecule has 4 nitrogen and oxygen atoms in total. The van der Waals surface area contributed by atoms with Crippen LogP contribution < -0.4 is 5.73 Å². The van der Waals surface area contributed by atoms with Gasteiger partial charge in [0.05, 0.1) is 6.54 Å². The number of aromatic nitrogens is 2. The molecule has 0 radical (unpaired) electrons. The van der Waals surface area contributed by atoms with Crippen molar-refractivity contribution in [3.8, 4) is 0 Å². The number of hydrogen-bond donors (Lipinski definition) is 1. The lowest BCUT2D eigenvalue weighted by Gasteiger charge is -2.33. The van der Waals surface area contributed by atoms with Crippen molar-refractivity contribution < 1.29 is 0 Å². The topological polar surface area (TPSA) is 47.1 Å². The van der Waals surface area contributed by atoms with Crippen LogP contribution in [0.3, 0.4) is 0 Å². The summed E-state index contributed by atoms with van der Waals surface area (Å²) in [7, 11) is 2.21. The van der Waals surface area contributed by atoms with Crippen LogP contribution in [-0.2, 0) is 6.54 Å². The Bertz CT molecular complexity index is 288. The highest BCUT2D eigenvalue weighted by Crippen LogP contribution is 2.20. The molecule has 1 aromatic rings. The average molecular weight is 222 g/mol. The van der Waals surface area contributed by atoms with Crippen LogP contribution in [0.1, 0.15) is 25.7 Å². The SMILES string of the molecule is CN(CCn1cccn1)C1CCC(N)CC1. The van der Waals surface area contributed by atoms with E-state index >= 15 is 0 Å². The standard InChI is InChI=1S/C12H22N4/c1-15(9-10-16-8-2-7-14-16)12-5-3-11(13)4-6-12/h2,7-8,11-12H,3-6,9-10,13H2,1H3. The molecule has 4 heteroatoms. The Labute approximate surface area is 97.4 Å². The van der Waals surface area contributed by atoms with Crippen LogP contribution in [0, 0.1) is 0 Å². The molecule has 0 aliphatic heterocycles. The second-order valence-electron chi connectivity index (χ2n) is 4.82. The average Bonchev–Trinajstić information content (AvgIpc) is 2.80. The Morgan fingerprint density at radius 1 is 1.38 bits per heavy atom. The Hall–Kier alpha value is -0.870. The molecule has 1 fully saturated rings. The zero-order chi connectivity index (χ0) is 11.4. The monoisotopic (exact) mass is 222 g/mol. The quantitative estimate of drug-likeness (QED) is 0.829. The third-order valence-electron chi connectivity index (χ3n) is 3.61. The third-order valence-corrected chi connectivity index (χ3v) is 3.61. The Balaban J connectivity index is 1.73. The molecule has 0 unspecified atom stereocenters. The fraction of sp³-hybridized carbons (Fsp3) is 0.750. The van der Waals surface area contributed by atoms with Crippen molar-refractivity contribution in [3.63, 3.8) is 0 Å². The molecule has 2 N–H and O–H groups in total. The molecule has 0 bridgehead atoms. The summed E-state index contributed by atoms with van der Waals surface area (Å²) in [6.07, 6.45) is 8.70. The zero-order valence-corrected chi connectivity index (χ0v) is 10.0. The van der Waals surface area contributed by atoms with E-state index in [9.17, 15) is 0 Å². The molecule has 0 atom stereocenters. The third kappa shape index (κ3) is 3.06. The smallest absolute Gasteiger partial charge is 0.0536 e. The largest absolute Gasteiger partial charge is 0.328 e. The minimum atomic E-state index is 0.441. The van der Waals surface area contributed by atoms with E-state index in [2.05, 4.69) is 17.0 Å². The summed E-state index contributed by atoms with van der Waals surface area (Å²) in [5.41, 5.74) is 5.92. The van der Waals surface area contributed by atoms with Crippen molar-refractivity contribution in [1.82, 2.24) is 14.7 Å². The summed E-state index contributed by atoms with van der Waals surface area (Å²) in [6.45, 7) is 2.05. The van der Waals surface area contributed by atoms with Gasteiger partial charge in [-0.3, -0.25) is 4.68 Å². The fourth-order valence-electron chi connectivity index (χ4n) is 2.42. The van der Waals surface area contributed by atoms with Gasteiger partial charge in [-0.15, -0.1) is 0 Å². The van der Waals surface area contributed by atoms with Gasteiger partial charge in [0.1, 0.15) is 0 Å². The first-order valence-electron chi connectivity index (χ1n) is 6.19. The van der Waals surface area contributed by atoms with Crippen molar-refractivity contribution in [1.29, 1.82) is 0 Å². The summed E-state index contributed by atoms with van der Waals surface area (Å²) in [4.78, 5) is 2.45. The molecular weight excluding hydrogens is 200 g/mol. The van der Waals surface area contributed by atoms with Gasteiger partial charge in [0.25, 0.3) is 0 Å². The summed E-state index contributed by atoms with van der Waals surface area (Å²) in [5.74, 6) is 0. The van der Waals surface area contributed by atoms with Gasteiger partial charge in [-0.2, -0.15) is 5.10 Å². The van der Waals surface area contributed by atoms with Gasteiger partial charge >= 0.3 is 0 Å². The number of nitrogens with two attached hydrogens (primary N) is 1. The predicted octanol–water partition coefficient (Wildman–Crippen LogP) is 1.08. The van der Waals surface area contributed by atoms with E-state index in [4.69, 9.17) is 5.73 Å². The molecule has 0 amide bonds. The highest BCUT2D eigenvalue weighted by Gasteiger charge is 2.21. The molecule has 1 heterocycles. The molecule has 1 aliphatic carbocycles. The molecular formula is C12H22N4. The van der Waals surface area contributed by atoms with Crippen LogP contribution in [0.2, 0.25) is 0 Å². The predicted molar refractivity (Wildman–Crippen MR) is 65.1 cm³/mol. The van der Waals surface area contributed by atoms with Crippen LogP contribution in [0.4, 0.5) is 0 Å². The van der Waals surface area contributed by atoms with Gasteiger partial charge in [0.2, 0.25) is 0 Å². The minimum Gasteiger partial charge on any atom is -0.328 e. The molecule has 1 aliphatic rings. The van der Waals surface area contributed by atoms with Gasteiger partial charge < -0.3 is 10.6 Å². The molecule has 0 aromatic carbocycles. The van der Waals surface area contributed by atoms with Crippen molar-refractivity contribution in [2.24, 2.45) is 5.73 Å². The van der Waals surface area contributed by atoms with Crippen LogP contribution in [0.25, 0.3) is 0 Å². The lowest BCUT2D eigenvalue weighted by atomic mass is 9.91. The zero-order valence-electron chi connectivity index (χ0n) is 10.0. The maximum Gasteiger partial charge on any atom is 0.0536 e. The fourth-order valence-corrected chi connectivity index (χ4v) is 2.42. The second-order valence-corrected chi connectivity index (χ2v) is 4.82. The molecule has 1 aromatic heterocycles. The van der Waals surface area contributed by atoms with Crippen molar-refractivity contribution in [3.05, 3.63) is 18.5 Å². The first kappa shape index (κ1) is 11.6. The first-order valence-corrected chi connectivity index (χ1v) is 6.19. The van der Waals surface area contributed by atoms with Crippen LogP contribution in [0.5, 0.6) is 0 Å². The first-order chi connectivity index (χ1) is 7.75. The minimum absolute atomic E-state index is 0.441. The van der Waals surface area contributed by atoms with Crippen LogP contribution >= 0.6 is 0 Å². The summed E-state index contributed by atoms with van der Waals surface area (Å²) in [6, 6.07) is 3.13. The molecule has 16 heavy (non-hydrogen) atoms. The van der Waals surface area contributed by atoms with Crippen molar-refractivity contribution >= 4 is 0 Å². The van der Waals surface area contributed by atoms with Gasteiger partial charge in [-0.1, -0.05) is 0 Å². The number of hydrogen-bond acceptors (Lipinski definition) is 3. The normalized spacial score (nSPS) is 26.2. The van der Waals surface area contributed by atoms with E-state index in [0.717, 1.165) is 19.1 Å². The molecule has 0 saturated heterocycles. The molecule has 1 saturated carbocycles. The van der Waals surface area contributed by atoms with Gasteiger partial charge in [-0.25, -0.2) is 0 Å². The molecule has 2 rings (SSSR count). The maximum atomic E-state index is 5.92. The Morgan fingerprint density at radius 3 is 2.75 bits per heavy atom. The van der Waals surface area contributed by atoms with E-state index in [1.54, 1.807) is 0 Å². The second kappa shape index (κ2) is 5.46. The van der Waals surface area contributed by atoms with E-state index in [-0.39, 0.29) is 0 Å². The van der Waals surface area contributed by atoms with Crippen molar-refractivity contribution in [2.45, 2.75) is 44.3 Å². The van der Waals surface area contributed by atoms with E-state index < -0.39 is 0 Å². The lowest BCUT2D eigenvalue weighted by molar-refractivity contribution is 0.176. The highest BCUT2D eigenvalue weighted by molar-refractivity contribution is 4.81. The summed E-state index contributed by atoms with van der Waals surface area (Å²) >= 11 is 0. The summed E-state index contributed by atoms with van der Waals surface area (Å²) < 4.78 is 1.99. The molecule has 0 spiro atoms. The van der Waals surface area contributed by atoms with E-state index in [0.29, 0.717) is 6.04 Å². The summed E-state index contributed by atoms with van der Waals surface area (Å²) in [5, 5.41) is 4.22.